The first-order valence-corrected chi connectivity index (χ1v) is 16.3. The van der Waals surface area contributed by atoms with E-state index in [0.717, 1.165) is 27.6 Å². The van der Waals surface area contributed by atoms with Gasteiger partial charge >= 0.3 is 0 Å². The van der Waals surface area contributed by atoms with Crippen LogP contribution in [0.15, 0.2) is 139 Å². The number of aromatic nitrogens is 1. The minimum absolute atomic E-state index is 0.205. The summed E-state index contributed by atoms with van der Waals surface area (Å²) in [5, 5.41) is 4.85. The van der Waals surface area contributed by atoms with Crippen molar-refractivity contribution in [2.75, 3.05) is 0 Å². The quantitative estimate of drug-likeness (QED) is 0.190. The number of nitrogens with zero attached hydrogens (tertiary/aromatic N) is 1. The molecule has 0 N–H and O–H groups in total. The van der Waals surface area contributed by atoms with E-state index in [1.165, 1.54) is 63.6 Å². The first-order chi connectivity index (χ1) is 21.1. The van der Waals surface area contributed by atoms with E-state index in [1.807, 2.05) is 29.6 Å². The van der Waals surface area contributed by atoms with Gasteiger partial charge < -0.3 is 8.98 Å². The molecule has 0 spiro atoms. The number of rotatable bonds is 1. The molecule has 0 amide bonds. The second-order valence-corrected chi connectivity index (χ2v) is 14.2. The topological polar surface area (TPSA) is 18.1 Å². The van der Waals surface area contributed by atoms with Crippen molar-refractivity contribution in [3.63, 3.8) is 0 Å². The maximum absolute atomic E-state index is 6.62. The first-order valence-electron chi connectivity index (χ1n) is 14.7. The van der Waals surface area contributed by atoms with Crippen LogP contribution in [0.1, 0.15) is 25.0 Å². The summed E-state index contributed by atoms with van der Waals surface area (Å²) in [7, 11) is 0. The molecule has 43 heavy (non-hydrogen) atoms. The summed E-state index contributed by atoms with van der Waals surface area (Å²) in [6.07, 6.45) is 0. The van der Waals surface area contributed by atoms with Crippen molar-refractivity contribution in [3.8, 4) is 16.8 Å². The second kappa shape index (κ2) is 8.37. The van der Waals surface area contributed by atoms with Crippen molar-refractivity contribution in [2.45, 2.75) is 38.8 Å². The van der Waals surface area contributed by atoms with Gasteiger partial charge in [-0.3, -0.25) is 0 Å². The summed E-state index contributed by atoms with van der Waals surface area (Å²) < 4.78 is 9.10. The lowest BCUT2D eigenvalue weighted by Gasteiger charge is -2.28. The summed E-state index contributed by atoms with van der Waals surface area (Å²) in [4.78, 5) is 5.44. The van der Waals surface area contributed by atoms with Gasteiger partial charge in [-0.25, -0.2) is 0 Å². The van der Waals surface area contributed by atoms with Crippen LogP contribution in [-0.2, 0) is 5.41 Å². The molecule has 2 nitrogen and oxygen atoms in total. The summed E-state index contributed by atoms with van der Waals surface area (Å²) >= 11 is 3.83. The standard InChI is InChI=1S/C39H25NOS2/c1-39(2)34-24(25-20-21-33-38(35(25)39)43-32-17-8-7-16-31(32)42-33)18-19-26-22-10-3-5-13-28(22)40(36(26)34)29-14-9-12-27-23-11-4-6-15-30(23)41-37(27)29/h3-21H,1-2H3. The minimum atomic E-state index is -0.205. The maximum Gasteiger partial charge on any atom is 0.159 e. The molecule has 10 rings (SSSR count). The van der Waals surface area contributed by atoms with Gasteiger partial charge in [0.15, 0.2) is 5.58 Å². The highest BCUT2D eigenvalue weighted by molar-refractivity contribution is 8.05. The Morgan fingerprint density at radius 1 is 0.558 bits per heavy atom. The zero-order valence-corrected chi connectivity index (χ0v) is 25.3. The van der Waals surface area contributed by atoms with Crippen molar-refractivity contribution < 1.29 is 4.42 Å². The van der Waals surface area contributed by atoms with Crippen molar-refractivity contribution in [1.82, 2.24) is 4.57 Å². The molecule has 3 heterocycles. The van der Waals surface area contributed by atoms with Crippen LogP contribution in [0.25, 0.3) is 60.6 Å². The van der Waals surface area contributed by atoms with Gasteiger partial charge in [-0.1, -0.05) is 116 Å². The van der Waals surface area contributed by atoms with Crippen LogP contribution >= 0.6 is 23.5 Å². The van der Waals surface area contributed by atoms with Gasteiger partial charge in [-0.2, -0.15) is 0 Å². The van der Waals surface area contributed by atoms with Crippen LogP contribution in [-0.4, -0.2) is 4.57 Å². The fourth-order valence-corrected chi connectivity index (χ4v) is 10.2. The van der Waals surface area contributed by atoms with Crippen LogP contribution in [0.4, 0.5) is 0 Å². The zero-order chi connectivity index (χ0) is 28.4. The zero-order valence-electron chi connectivity index (χ0n) is 23.6. The number of benzene rings is 6. The highest BCUT2D eigenvalue weighted by atomic mass is 32.2. The van der Waals surface area contributed by atoms with Crippen LogP contribution in [0, 0.1) is 0 Å². The van der Waals surface area contributed by atoms with Gasteiger partial charge in [0.05, 0.1) is 16.7 Å². The number of para-hydroxylation sites is 3. The van der Waals surface area contributed by atoms with Crippen LogP contribution in [0.5, 0.6) is 0 Å². The molecule has 0 bridgehead atoms. The smallest absolute Gasteiger partial charge is 0.159 e. The Bertz CT molecular complexity index is 2500. The van der Waals surface area contributed by atoms with Gasteiger partial charge in [-0.15, -0.1) is 0 Å². The van der Waals surface area contributed by atoms with E-state index in [4.69, 9.17) is 4.42 Å². The molecular weight excluding hydrogens is 563 g/mol. The molecule has 0 radical (unpaired) electrons. The Morgan fingerprint density at radius 2 is 1.26 bits per heavy atom. The Labute approximate surface area is 257 Å². The molecule has 0 saturated heterocycles. The highest BCUT2D eigenvalue weighted by Crippen LogP contribution is 2.60. The Hall–Kier alpha value is -4.38. The number of hydrogen-bond acceptors (Lipinski definition) is 3. The van der Waals surface area contributed by atoms with Crippen LogP contribution in [0.3, 0.4) is 0 Å². The van der Waals surface area contributed by atoms with E-state index in [-0.39, 0.29) is 5.41 Å². The molecule has 6 aromatic carbocycles. The van der Waals surface area contributed by atoms with E-state index in [0.29, 0.717) is 0 Å². The van der Waals surface area contributed by atoms with Gasteiger partial charge in [-0.05, 0) is 58.7 Å². The molecule has 0 fully saturated rings. The molecule has 0 atom stereocenters. The largest absolute Gasteiger partial charge is 0.454 e. The van der Waals surface area contributed by atoms with E-state index < -0.39 is 0 Å². The predicted octanol–water partition coefficient (Wildman–Crippen LogP) is 11.6. The summed E-state index contributed by atoms with van der Waals surface area (Å²) in [6, 6.07) is 42.0. The minimum Gasteiger partial charge on any atom is -0.454 e. The third-order valence-electron chi connectivity index (χ3n) is 9.40. The van der Waals surface area contributed by atoms with Gasteiger partial charge in [0, 0.05) is 46.5 Å². The second-order valence-electron chi connectivity index (χ2n) is 12.1. The number of fused-ring (bicyclic) bond motifs is 13. The molecular formula is C39H25NOS2. The molecule has 204 valence electrons. The number of furan rings is 1. The Balaban J connectivity index is 1.31. The monoisotopic (exact) mass is 587 g/mol. The fraction of sp³-hybridized carbons (Fsp3) is 0.0769. The van der Waals surface area contributed by atoms with Crippen molar-refractivity contribution >= 4 is 67.3 Å². The molecule has 0 saturated carbocycles. The summed E-state index contributed by atoms with van der Waals surface area (Å²) in [5.41, 5.74) is 10.7. The predicted molar refractivity (Wildman–Crippen MR) is 180 cm³/mol. The fourth-order valence-electron chi connectivity index (χ4n) is 7.64. The third-order valence-corrected chi connectivity index (χ3v) is 12.0. The van der Waals surface area contributed by atoms with Gasteiger partial charge in [0.25, 0.3) is 0 Å². The molecule has 0 unspecified atom stereocenters. The molecule has 8 aromatic rings. The third kappa shape index (κ3) is 3.07. The average Bonchev–Trinajstić information content (AvgIpc) is 3.66. The maximum atomic E-state index is 6.62. The SMILES string of the molecule is CC1(C)c2c(ccc3c2Sc2ccccc2S3)-c2ccc3c4ccccc4n(-c4cccc5c4oc4ccccc45)c3c21. The highest BCUT2D eigenvalue weighted by Gasteiger charge is 2.42. The Morgan fingerprint density at radius 3 is 2.14 bits per heavy atom. The van der Waals surface area contributed by atoms with Gasteiger partial charge in [0.1, 0.15) is 5.58 Å². The molecule has 1 aliphatic carbocycles. The van der Waals surface area contributed by atoms with Crippen LogP contribution in [0.2, 0.25) is 0 Å². The lowest BCUT2D eigenvalue weighted by atomic mass is 9.81. The molecule has 4 heteroatoms. The molecule has 1 aliphatic heterocycles. The summed E-state index contributed by atoms with van der Waals surface area (Å²) in [5.74, 6) is 0. The van der Waals surface area contributed by atoms with E-state index >= 15 is 0 Å². The molecule has 2 aromatic heterocycles. The van der Waals surface area contributed by atoms with E-state index in [9.17, 15) is 0 Å². The Kier molecular flexibility index (Phi) is 4.69. The average molecular weight is 588 g/mol. The lowest BCUT2D eigenvalue weighted by molar-refractivity contribution is 0.645. The number of hydrogen-bond donors (Lipinski definition) is 0. The van der Waals surface area contributed by atoms with Crippen molar-refractivity contribution in [2.24, 2.45) is 0 Å². The van der Waals surface area contributed by atoms with Crippen LogP contribution < -0.4 is 0 Å². The lowest BCUT2D eigenvalue weighted by Crippen LogP contribution is -2.18. The van der Waals surface area contributed by atoms with Gasteiger partial charge in [0.2, 0.25) is 0 Å². The first kappa shape index (κ1) is 24.1. The van der Waals surface area contributed by atoms with E-state index in [1.54, 1.807) is 0 Å². The normalized spacial score (nSPS) is 14.7. The van der Waals surface area contributed by atoms with E-state index in [2.05, 4.69) is 128 Å². The summed E-state index contributed by atoms with van der Waals surface area (Å²) in [6.45, 7) is 4.85. The van der Waals surface area contributed by atoms with Crippen molar-refractivity contribution in [1.29, 1.82) is 0 Å². The molecule has 2 aliphatic rings. The van der Waals surface area contributed by atoms with Crippen molar-refractivity contribution in [3.05, 3.63) is 126 Å².